The van der Waals surface area contributed by atoms with Crippen molar-refractivity contribution in [2.75, 3.05) is 6.61 Å². The van der Waals surface area contributed by atoms with Gasteiger partial charge >= 0.3 is 11.8 Å². The predicted octanol–water partition coefficient (Wildman–Crippen LogP) is 2.69. The van der Waals surface area contributed by atoms with Gasteiger partial charge in [0.1, 0.15) is 0 Å². The first-order valence-corrected chi connectivity index (χ1v) is 5.51. The summed E-state index contributed by atoms with van der Waals surface area (Å²) in [7, 11) is 0. The minimum Gasteiger partial charge on any atom is -0.466 e. The fourth-order valence-corrected chi connectivity index (χ4v) is 1.70. The molecule has 0 saturated heterocycles. The summed E-state index contributed by atoms with van der Waals surface area (Å²) in [6, 6.07) is 0. The van der Waals surface area contributed by atoms with Crippen LogP contribution >= 0.6 is 11.6 Å². The number of carbonyl (C=O) groups is 1. The van der Waals surface area contributed by atoms with Crippen LogP contribution in [0.1, 0.15) is 24.5 Å². The van der Waals surface area contributed by atoms with Crippen LogP contribution in [0, 0.1) is 10.1 Å². The molecule has 0 aliphatic rings. The number of hydrogen-bond acceptors (Lipinski definition) is 5. The SMILES string of the molecule is CCOC(=O)Cc1c([N+](=O)[O-])ncc(Cl)c1C(F)F. The summed E-state index contributed by atoms with van der Waals surface area (Å²) in [5, 5.41) is 10.3. The Morgan fingerprint density at radius 1 is 1.63 bits per heavy atom. The molecule has 0 atom stereocenters. The molecule has 0 radical (unpaired) electrons. The van der Waals surface area contributed by atoms with Crippen molar-refractivity contribution in [2.24, 2.45) is 0 Å². The Hall–Kier alpha value is -1.83. The zero-order valence-corrected chi connectivity index (χ0v) is 10.5. The van der Waals surface area contributed by atoms with Crippen molar-refractivity contribution in [3.8, 4) is 0 Å². The molecule has 0 aliphatic carbocycles. The molecule has 0 spiro atoms. The van der Waals surface area contributed by atoms with E-state index in [2.05, 4.69) is 9.72 Å². The van der Waals surface area contributed by atoms with Gasteiger partial charge in [0.05, 0.1) is 29.2 Å². The van der Waals surface area contributed by atoms with Crippen molar-refractivity contribution in [1.29, 1.82) is 0 Å². The van der Waals surface area contributed by atoms with Gasteiger partial charge in [0.2, 0.25) is 0 Å². The number of alkyl halides is 2. The number of esters is 1. The van der Waals surface area contributed by atoms with E-state index in [0.717, 1.165) is 6.20 Å². The molecule has 1 rings (SSSR count). The van der Waals surface area contributed by atoms with Crippen molar-refractivity contribution in [3.05, 3.63) is 32.5 Å². The van der Waals surface area contributed by atoms with Crippen molar-refractivity contribution >= 4 is 23.4 Å². The molecule has 0 aromatic carbocycles. The highest BCUT2D eigenvalue weighted by Crippen LogP contribution is 2.34. The zero-order valence-electron chi connectivity index (χ0n) is 9.73. The Bertz CT molecular complexity index is 511. The highest BCUT2D eigenvalue weighted by atomic mass is 35.5. The molecule has 0 amide bonds. The van der Waals surface area contributed by atoms with Crippen molar-refractivity contribution in [3.63, 3.8) is 0 Å². The van der Waals surface area contributed by atoms with Gasteiger partial charge in [0.25, 0.3) is 6.43 Å². The average Bonchev–Trinajstić information content (AvgIpc) is 2.28. The van der Waals surface area contributed by atoms with E-state index in [1.807, 2.05) is 0 Å². The molecule has 0 fully saturated rings. The van der Waals surface area contributed by atoms with Crippen LogP contribution in [0.2, 0.25) is 5.02 Å². The zero-order chi connectivity index (χ0) is 14.6. The first-order chi connectivity index (χ1) is 8.88. The summed E-state index contributed by atoms with van der Waals surface area (Å²) in [5.74, 6) is -1.69. The van der Waals surface area contributed by atoms with Gasteiger partial charge < -0.3 is 14.9 Å². The van der Waals surface area contributed by atoms with E-state index in [0.29, 0.717) is 0 Å². The summed E-state index contributed by atoms with van der Waals surface area (Å²) >= 11 is 5.54. The van der Waals surface area contributed by atoms with Crippen molar-refractivity contribution in [1.82, 2.24) is 4.98 Å². The monoisotopic (exact) mass is 294 g/mol. The number of nitrogens with zero attached hydrogens (tertiary/aromatic N) is 2. The van der Waals surface area contributed by atoms with Gasteiger partial charge in [-0.25, -0.2) is 8.78 Å². The number of pyridine rings is 1. The maximum absolute atomic E-state index is 12.9. The van der Waals surface area contributed by atoms with E-state index in [4.69, 9.17) is 11.6 Å². The Morgan fingerprint density at radius 2 is 2.26 bits per heavy atom. The molecule has 0 aliphatic heterocycles. The van der Waals surface area contributed by atoms with Gasteiger partial charge in [-0.3, -0.25) is 4.79 Å². The molecular formula is C10H9ClF2N2O4. The van der Waals surface area contributed by atoms with Gasteiger partial charge in [-0.2, -0.15) is 0 Å². The standard InChI is InChI=1S/C10H9ClF2N2O4/c1-2-19-7(16)3-5-8(9(12)13)6(11)4-14-10(5)15(17)18/h4,9H,2-3H2,1H3. The predicted molar refractivity (Wildman–Crippen MR) is 61.2 cm³/mol. The van der Waals surface area contributed by atoms with Crippen molar-refractivity contribution < 1.29 is 23.2 Å². The van der Waals surface area contributed by atoms with Crippen LogP contribution < -0.4 is 0 Å². The lowest BCUT2D eigenvalue weighted by molar-refractivity contribution is -0.390. The van der Waals surface area contributed by atoms with Crippen molar-refractivity contribution in [2.45, 2.75) is 19.8 Å². The molecule has 0 N–H and O–H groups in total. The maximum Gasteiger partial charge on any atom is 0.367 e. The van der Waals surface area contributed by atoms with Gasteiger partial charge in [-0.05, 0) is 16.8 Å². The minimum absolute atomic E-state index is 0.0324. The number of aromatic nitrogens is 1. The summed E-state index contributed by atoms with van der Waals surface area (Å²) in [6.45, 7) is 1.56. The third-order valence-electron chi connectivity index (χ3n) is 2.17. The number of ether oxygens (including phenoxy) is 1. The minimum atomic E-state index is -3.06. The fraction of sp³-hybridized carbons (Fsp3) is 0.400. The highest BCUT2D eigenvalue weighted by Gasteiger charge is 2.29. The van der Waals surface area contributed by atoms with Gasteiger partial charge in [-0.1, -0.05) is 11.6 Å². The number of rotatable bonds is 5. The molecule has 0 bridgehead atoms. The van der Waals surface area contributed by atoms with Crippen LogP contribution in [0.5, 0.6) is 0 Å². The molecule has 104 valence electrons. The summed E-state index contributed by atoms with van der Waals surface area (Å²) in [6.07, 6.45) is -2.98. The molecule has 0 saturated carbocycles. The Labute approximate surface area is 111 Å². The number of carbonyl (C=O) groups excluding carboxylic acids is 1. The van der Waals surface area contributed by atoms with Crippen LogP contribution in [0.3, 0.4) is 0 Å². The molecule has 19 heavy (non-hydrogen) atoms. The van der Waals surface area contributed by atoms with Gasteiger partial charge in [-0.15, -0.1) is 0 Å². The fourth-order valence-electron chi connectivity index (χ4n) is 1.45. The summed E-state index contributed by atoms with van der Waals surface area (Å²) < 4.78 is 30.3. The largest absolute Gasteiger partial charge is 0.466 e. The van der Waals surface area contributed by atoms with Crippen LogP contribution in [-0.4, -0.2) is 22.5 Å². The number of hydrogen-bond donors (Lipinski definition) is 0. The van der Waals surface area contributed by atoms with E-state index in [1.165, 1.54) is 6.92 Å². The lowest BCUT2D eigenvalue weighted by Gasteiger charge is -2.09. The van der Waals surface area contributed by atoms with Crippen LogP contribution in [0.4, 0.5) is 14.6 Å². The quantitative estimate of drug-likeness (QED) is 0.474. The Balaban J connectivity index is 3.33. The molecular weight excluding hydrogens is 286 g/mol. The van der Waals surface area contributed by atoms with Gasteiger partial charge in [0, 0.05) is 0 Å². The van der Waals surface area contributed by atoms with E-state index in [-0.39, 0.29) is 6.61 Å². The Kier molecular flexibility index (Phi) is 5.11. The van der Waals surface area contributed by atoms with E-state index < -0.39 is 45.7 Å². The first kappa shape index (κ1) is 15.2. The molecule has 0 unspecified atom stereocenters. The van der Waals surface area contributed by atoms with Gasteiger partial charge in [0.15, 0.2) is 6.20 Å². The number of nitro groups is 1. The van der Waals surface area contributed by atoms with E-state index in [1.54, 1.807) is 0 Å². The maximum atomic E-state index is 12.9. The van der Waals surface area contributed by atoms with Crippen LogP contribution in [0.15, 0.2) is 6.20 Å². The average molecular weight is 295 g/mol. The molecule has 9 heteroatoms. The third-order valence-corrected chi connectivity index (χ3v) is 2.47. The second-order valence-corrected chi connectivity index (χ2v) is 3.77. The molecule has 1 aromatic rings. The lowest BCUT2D eigenvalue weighted by Crippen LogP contribution is -2.13. The van der Waals surface area contributed by atoms with E-state index in [9.17, 15) is 23.7 Å². The number of halogens is 3. The molecule has 6 nitrogen and oxygen atoms in total. The molecule has 1 heterocycles. The van der Waals surface area contributed by atoms with Crippen LogP contribution in [-0.2, 0) is 16.0 Å². The summed E-state index contributed by atoms with van der Waals surface area (Å²) in [5.41, 5.74) is -1.29. The summed E-state index contributed by atoms with van der Waals surface area (Å²) in [4.78, 5) is 24.5. The van der Waals surface area contributed by atoms with Crippen LogP contribution in [0.25, 0.3) is 0 Å². The third kappa shape index (κ3) is 3.57. The first-order valence-electron chi connectivity index (χ1n) is 5.13. The smallest absolute Gasteiger partial charge is 0.367 e. The Morgan fingerprint density at radius 3 is 2.74 bits per heavy atom. The molecule has 1 aromatic heterocycles. The topological polar surface area (TPSA) is 82.3 Å². The lowest BCUT2D eigenvalue weighted by atomic mass is 10.1. The second kappa shape index (κ2) is 6.37. The normalized spacial score (nSPS) is 10.6. The van der Waals surface area contributed by atoms with E-state index >= 15 is 0 Å². The highest BCUT2D eigenvalue weighted by molar-refractivity contribution is 6.31. The second-order valence-electron chi connectivity index (χ2n) is 3.36.